The molecule has 0 amide bonds. The molecule has 1 radical (unpaired) electrons. The van der Waals surface area contributed by atoms with Crippen molar-refractivity contribution in [2.75, 3.05) is 7.05 Å². The standard InChI is InChI=1S/C4H6N5.Y/c1-5-7-4-3-6-9(2)8-4;/h1-2H3;/q-1;/p+1. The van der Waals surface area contributed by atoms with Crippen LogP contribution < -0.4 is 4.80 Å². The molecular weight excluding hydrogens is 207 g/mol. The molecule has 0 bridgehead atoms. The fourth-order valence-corrected chi connectivity index (χ4v) is 0.470. The van der Waals surface area contributed by atoms with Gasteiger partial charge in [-0.2, -0.15) is 20.4 Å². The summed E-state index contributed by atoms with van der Waals surface area (Å²) in [6.45, 7) is 0. The predicted molar refractivity (Wildman–Crippen MR) is 29.0 cm³/mol. The van der Waals surface area contributed by atoms with Crippen molar-refractivity contribution in [3.05, 3.63) is 6.20 Å². The quantitative estimate of drug-likeness (QED) is 0.391. The number of nitrogens with one attached hydrogen (secondary N) is 1. The van der Waals surface area contributed by atoms with Gasteiger partial charge in [0.15, 0.2) is 7.05 Å². The van der Waals surface area contributed by atoms with Crippen molar-refractivity contribution in [3.63, 3.8) is 0 Å². The van der Waals surface area contributed by atoms with Crippen molar-refractivity contribution < 1.29 is 37.5 Å². The molecule has 10 heavy (non-hydrogen) atoms. The second-order valence-electron chi connectivity index (χ2n) is 1.50. The van der Waals surface area contributed by atoms with Gasteiger partial charge in [-0.05, 0) is 4.80 Å². The average Bonchev–Trinajstić information content (AvgIpc) is 2.17. The minimum Gasteiger partial charge on any atom is -0.241 e. The molecule has 0 aromatic carbocycles. The fraction of sp³-hybridized carbons (Fsp3) is 0.500. The summed E-state index contributed by atoms with van der Waals surface area (Å²) in [5.74, 6) is 0.542. The maximum atomic E-state index is 3.72. The summed E-state index contributed by atoms with van der Waals surface area (Å²) in [6.07, 6.45) is 2.60. The molecule has 0 aliphatic rings. The predicted octanol–water partition coefficient (Wildman–Crippen LogP) is -0.255. The summed E-state index contributed by atoms with van der Waals surface area (Å²) in [5.41, 5.74) is 0. The van der Waals surface area contributed by atoms with Crippen LogP contribution in [0.3, 0.4) is 0 Å². The van der Waals surface area contributed by atoms with Gasteiger partial charge in [0.05, 0.1) is 5.82 Å². The van der Waals surface area contributed by atoms with Gasteiger partial charge in [-0.3, -0.25) is 0 Å². The zero-order valence-corrected chi connectivity index (χ0v) is 8.70. The third kappa shape index (κ3) is 2.62. The first-order valence-corrected chi connectivity index (χ1v) is 2.47. The van der Waals surface area contributed by atoms with E-state index in [1.54, 1.807) is 14.1 Å². The van der Waals surface area contributed by atoms with E-state index in [-0.39, 0.29) is 32.7 Å². The van der Waals surface area contributed by atoms with Crippen LogP contribution in [0.4, 0.5) is 5.82 Å². The monoisotopic (exact) mass is 214 g/mol. The van der Waals surface area contributed by atoms with Crippen LogP contribution in [0.15, 0.2) is 10.2 Å². The topological polar surface area (TPSA) is 57.3 Å². The van der Waals surface area contributed by atoms with Crippen LogP contribution in [-0.4, -0.2) is 17.2 Å². The Bertz CT molecular complexity index is 217. The van der Waals surface area contributed by atoms with Crippen molar-refractivity contribution >= 4 is 5.82 Å². The van der Waals surface area contributed by atoms with E-state index in [0.717, 1.165) is 0 Å². The van der Waals surface area contributed by atoms with Gasteiger partial charge < -0.3 is 0 Å². The van der Waals surface area contributed by atoms with Gasteiger partial charge in [0.2, 0.25) is 0 Å². The normalized spacial score (nSPS) is 9.80. The second kappa shape index (κ2) is 4.63. The summed E-state index contributed by atoms with van der Waals surface area (Å²) in [4.78, 5) is 1.50. The van der Waals surface area contributed by atoms with E-state index >= 15 is 0 Å². The maximum absolute atomic E-state index is 3.72. The Balaban J connectivity index is 0.000000810. The molecular formula is C4H7N5Y. The van der Waals surface area contributed by atoms with Crippen LogP contribution in [0.25, 0.3) is 0 Å². The van der Waals surface area contributed by atoms with Gasteiger partial charge in [0.25, 0.3) is 0 Å². The Morgan fingerprint density at radius 2 is 2.40 bits per heavy atom. The third-order valence-electron chi connectivity index (χ3n) is 0.774. The van der Waals surface area contributed by atoms with Gasteiger partial charge in [-0.1, -0.05) is 0 Å². The third-order valence-corrected chi connectivity index (χ3v) is 0.774. The first-order chi connectivity index (χ1) is 4.33. The number of hydrogen-bond donors (Lipinski definition) is 1. The van der Waals surface area contributed by atoms with E-state index in [0.29, 0.717) is 5.82 Å². The van der Waals surface area contributed by atoms with Crippen LogP contribution in [0.2, 0.25) is 0 Å². The maximum Gasteiger partial charge on any atom is 0.187 e. The van der Waals surface area contributed by atoms with Crippen LogP contribution in [-0.2, 0) is 39.8 Å². The molecule has 51 valence electrons. The Labute approximate surface area is 83.8 Å². The number of azo groups is 1. The van der Waals surface area contributed by atoms with Gasteiger partial charge in [0, 0.05) is 39.8 Å². The van der Waals surface area contributed by atoms with Crippen LogP contribution in [0.5, 0.6) is 0 Å². The van der Waals surface area contributed by atoms with E-state index in [1.807, 2.05) is 0 Å². The van der Waals surface area contributed by atoms with Crippen molar-refractivity contribution in [2.24, 2.45) is 17.3 Å². The Kier molecular flexibility index (Phi) is 4.56. The second-order valence-corrected chi connectivity index (χ2v) is 1.50. The van der Waals surface area contributed by atoms with Crippen molar-refractivity contribution in [3.8, 4) is 0 Å². The number of aromatic nitrogens is 3. The number of nitrogens with zero attached hydrogens (tertiary/aromatic N) is 4. The fourth-order valence-electron chi connectivity index (χ4n) is 0.470. The van der Waals surface area contributed by atoms with Crippen LogP contribution in [0.1, 0.15) is 0 Å². The first kappa shape index (κ1) is 9.84. The molecule has 1 rings (SSSR count). The van der Waals surface area contributed by atoms with E-state index < -0.39 is 0 Å². The number of H-pyrrole nitrogens is 1. The Hall–Kier alpha value is -0.156. The van der Waals surface area contributed by atoms with Gasteiger partial charge in [0.1, 0.15) is 0 Å². The molecule has 0 saturated carbocycles. The molecule has 5 nitrogen and oxygen atoms in total. The van der Waals surface area contributed by atoms with E-state index in [2.05, 4.69) is 26.6 Å². The van der Waals surface area contributed by atoms with Crippen molar-refractivity contribution in [2.45, 2.75) is 0 Å². The largest absolute Gasteiger partial charge is 0.241 e. The van der Waals surface area contributed by atoms with E-state index in [9.17, 15) is 0 Å². The van der Waals surface area contributed by atoms with Crippen LogP contribution in [0, 0.1) is 6.20 Å². The SMILES string of the molecule is CN=Nc1[c-]n[n+](C)[nH]1.[Y]. The molecule has 6 heteroatoms. The smallest absolute Gasteiger partial charge is 0.187 e. The molecule has 1 heterocycles. The summed E-state index contributed by atoms with van der Waals surface area (Å²) in [7, 11) is 3.35. The molecule has 0 unspecified atom stereocenters. The molecule has 1 aromatic rings. The number of aromatic amines is 1. The number of rotatable bonds is 1. The molecule has 0 aliphatic heterocycles. The van der Waals surface area contributed by atoms with Crippen molar-refractivity contribution in [1.29, 1.82) is 0 Å². The first-order valence-electron chi connectivity index (χ1n) is 2.47. The molecule has 0 atom stereocenters. The summed E-state index contributed by atoms with van der Waals surface area (Å²) in [6, 6.07) is 0. The average molecular weight is 214 g/mol. The Morgan fingerprint density at radius 3 is 2.80 bits per heavy atom. The van der Waals surface area contributed by atoms with Gasteiger partial charge >= 0.3 is 0 Å². The van der Waals surface area contributed by atoms with Gasteiger partial charge in [-0.25, -0.2) is 6.20 Å². The Morgan fingerprint density at radius 1 is 1.70 bits per heavy atom. The molecule has 0 saturated heterocycles. The zero-order chi connectivity index (χ0) is 6.69. The van der Waals surface area contributed by atoms with Crippen molar-refractivity contribution in [1.82, 2.24) is 10.2 Å². The molecule has 0 fully saturated rings. The van der Waals surface area contributed by atoms with Crippen LogP contribution >= 0.6 is 0 Å². The minimum atomic E-state index is 0. The minimum absolute atomic E-state index is 0. The summed E-state index contributed by atoms with van der Waals surface area (Å²) in [5, 5.41) is 13.7. The number of aryl methyl sites for hydroxylation is 1. The molecule has 0 spiro atoms. The molecule has 1 aromatic heterocycles. The molecule has 0 aliphatic carbocycles. The summed E-state index contributed by atoms with van der Waals surface area (Å²) >= 11 is 0. The summed E-state index contributed by atoms with van der Waals surface area (Å²) < 4.78 is 0. The molecule has 1 N–H and O–H groups in total. The van der Waals surface area contributed by atoms with E-state index in [4.69, 9.17) is 0 Å². The van der Waals surface area contributed by atoms with E-state index in [1.165, 1.54) is 4.80 Å². The zero-order valence-electron chi connectivity index (χ0n) is 5.87. The van der Waals surface area contributed by atoms with Gasteiger partial charge in [-0.15, -0.1) is 0 Å². The number of hydrogen-bond acceptors (Lipinski definition) is 3.